The molecule has 0 spiro atoms. The van der Waals surface area contributed by atoms with Gasteiger partial charge in [-0.2, -0.15) is 0 Å². The maximum atomic E-state index is 4.15. The fourth-order valence-electron chi connectivity index (χ4n) is 1.58. The lowest BCUT2D eigenvalue weighted by Crippen LogP contribution is -2.21. The lowest BCUT2D eigenvalue weighted by atomic mass is 10.1. The van der Waals surface area contributed by atoms with Crippen molar-refractivity contribution >= 4 is 11.3 Å². The Hall–Kier alpha value is -1.26. The normalized spacial score (nSPS) is 12.9. The van der Waals surface area contributed by atoms with E-state index >= 15 is 0 Å². The van der Waals surface area contributed by atoms with Gasteiger partial charge in [0.25, 0.3) is 0 Å². The number of pyridine rings is 1. The van der Waals surface area contributed by atoms with Gasteiger partial charge in [-0.25, -0.2) is 0 Å². The molecule has 0 aromatic carbocycles. The highest BCUT2D eigenvalue weighted by Crippen LogP contribution is 2.20. The van der Waals surface area contributed by atoms with Crippen LogP contribution in [0.1, 0.15) is 23.4 Å². The molecule has 84 valence electrons. The smallest absolute Gasteiger partial charge is 0.0794 e. The first-order chi connectivity index (χ1) is 7.77. The molecule has 0 fully saturated rings. The summed E-state index contributed by atoms with van der Waals surface area (Å²) in [6.07, 6.45) is 5.66. The number of hydrogen-bond acceptors (Lipinski definition) is 4. The lowest BCUT2D eigenvalue weighted by molar-refractivity contribution is 0.255. The number of nitrogens with zero attached hydrogens (tertiary/aromatic N) is 3. The maximum absolute atomic E-state index is 4.15. The molecule has 0 saturated carbocycles. The van der Waals surface area contributed by atoms with Gasteiger partial charge in [0.1, 0.15) is 0 Å². The number of thiazole rings is 1. The molecule has 0 aliphatic carbocycles. The summed E-state index contributed by atoms with van der Waals surface area (Å²) in [7, 11) is 2.12. The predicted molar refractivity (Wildman–Crippen MR) is 66.2 cm³/mol. The minimum atomic E-state index is 0.371. The Morgan fingerprint density at radius 2 is 2.25 bits per heavy atom. The molecule has 0 N–H and O–H groups in total. The molecule has 0 aliphatic heterocycles. The van der Waals surface area contributed by atoms with E-state index in [2.05, 4.69) is 34.9 Å². The van der Waals surface area contributed by atoms with Crippen LogP contribution in [0.4, 0.5) is 0 Å². The summed E-state index contributed by atoms with van der Waals surface area (Å²) in [6.45, 7) is 3.12. The number of aromatic nitrogens is 2. The van der Waals surface area contributed by atoms with Crippen LogP contribution in [0.25, 0.3) is 0 Å². The van der Waals surface area contributed by atoms with E-state index in [1.165, 1.54) is 10.4 Å². The van der Waals surface area contributed by atoms with Crippen LogP contribution in [0.15, 0.2) is 36.2 Å². The third-order valence-electron chi connectivity index (χ3n) is 2.72. The van der Waals surface area contributed by atoms with Crippen LogP contribution in [0.5, 0.6) is 0 Å². The molecule has 2 heterocycles. The minimum Gasteiger partial charge on any atom is -0.294 e. The van der Waals surface area contributed by atoms with Gasteiger partial charge in [0.15, 0.2) is 0 Å². The zero-order chi connectivity index (χ0) is 11.4. The second-order valence-electron chi connectivity index (χ2n) is 3.85. The van der Waals surface area contributed by atoms with Gasteiger partial charge in [-0.05, 0) is 25.6 Å². The van der Waals surface area contributed by atoms with Crippen LogP contribution < -0.4 is 0 Å². The van der Waals surface area contributed by atoms with Gasteiger partial charge in [0.05, 0.1) is 5.51 Å². The fraction of sp³-hybridized carbons (Fsp3) is 0.333. The molecule has 0 bridgehead atoms. The van der Waals surface area contributed by atoms with E-state index < -0.39 is 0 Å². The highest BCUT2D eigenvalue weighted by atomic mass is 32.1. The first-order valence-electron chi connectivity index (χ1n) is 5.25. The molecule has 0 amide bonds. The van der Waals surface area contributed by atoms with E-state index in [9.17, 15) is 0 Å². The van der Waals surface area contributed by atoms with Gasteiger partial charge < -0.3 is 0 Å². The van der Waals surface area contributed by atoms with Crippen molar-refractivity contribution in [2.75, 3.05) is 7.05 Å². The molecule has 0 aliphatic rings. The highest BCUT2D eigenvalue weighted by Gasteiger charge is 2.12. The molecule has 0 radical (unpaired) electrons. The lowest BCUT2D eigenvalue weighted by Gasteiger charge is -2.23. The molecule has 16 heavy (non-hydrogen) atoms. The van der Waals surface area contributed by atoms with Crippen molar-refractivity contribution in [3.05, 3.63) is 46.7 Å². The quantitative estimate of drug-likeness (QED) is 0.813. The van der Waals surface area contributed by atoms with E-state index in [1.54, 1.807) is 17.5 Å². The summed E-state index contributed by atoms with van der Waals surface area (Å²) in [4.78, 5) is 11.8. The van der Waals surface area contributed by atoms with E-state index in [0.29, 0.717) is 6.04 Å². The highest BCUT2D eigenvalue weighted by molar-refractivity contribution is 7.09. The second-order valence-corrected chi connectivity index (χ2v) is 4.82. The Morgan fingerprint density at radius 1 is 1.38 bits per heavy atom. The molecule has 0 saturated heterocycles. The van der Waals surface area contributed by atoms with Crippen LogP contribution in [-0.4, -0.2) is 21.9 Å². The molecule has 3 nitrogen and oxygen atoms in total. The summed E-state index contributed by atoms with van der Waals surface area (Å²) in [5.74, 6) is 0. The van der Waals surface area contributed by atoms with E-state index in [1.807, 2.05) is 24.0 Å². The van der Waals surface area contributed by atoms with Gasteiger partial charge in [-0.1, -0.05) is 6.07 Å². The maximum Gasteiger partial charge on any atom is 0.0794 e. The van der Waals surface area contributed by atoms with Crippen LogP contribution in [0.3, 0.4) is 0 Å². The van der Waals surface area contributed by atoms with E-state index in [0.717, 1.165) is 6.54 Å². The summed E-state index contributed by atoms with van der Waals surface area (Å²) in [5.41, 5.74) is 3.12. The molecule has 1 unspecified atom stereocenters. The average molecular weight is 233 g/mol. The van der Waals surface area contributed by atoms with Crippen molar-refractivity contribution in [2.45, 2.75) is 19.5 Å². The van der Waals surface area contributed by atoms with Crippen molar-refractivity contribution in [1.82, 2.24) is 14.9 Å². The molecule has 2 aromatic heterocycles. The molecular formula is C12H15N3S. The fourth-order valence-corrected chi connectivity index (χ4v) is 2.24. The molecule has 2 rings (SSSR count). The monoisotopic (exact) mass is 233 g/mol. The Kier molecular flexibility index (Phi) is 3.64. The first kappa shape index (κ1) is 11.2. The van der Waals surface area contributed by atoms with Crippen molar-refractivity contribution in [2.24, 2.45) is 0 Å². The van der Waals surface area contributed by atoms with Crippen LogP contribution in [-0.2, 0) is 6.54 Å². The van der Waals surface area contributed by atoms with Gasteiger partial charge in [0, 0.05) is 36.1 Å². The molecule has 4 heteroatoms. The van der Waals surface area contributed by atoms with Crippen molar-refractivity contribution in [3.63, 3.8) is 0 Å². The van der Waals surface area contributed by atoms with Crippen molar-refractivity contribution in [1.29, 1.82) is 0 Å². The average Bonchev–Trinajstić information content (AvgIpc) is 2.82. The molecule has 1 atom stereocenters. The van der Waals surface area contributed by atoms with Crippen LogP contribution in [0, 0.1) is 0 Å². The Balaban J connectivity index is 2.02. The molecular weight excluding hydrogens is 218 g/mol. The third kappa shape index (κ3) is 2.65. The van der Waals surface area contributed by atoms with Crippen molar-refractivity contribution in [3.8, 4) is 0 Å². The number of rotatable bonds is 4. The van der Waals surface area contributed by atoms with Crippen LogP contribution in [0.2, 0.25) is 0 Å². The van der Waals surface area contributed by atoms with Gasteiger partial charge in [-0.3, -0.25) is 14.9 Å². The zero-order valence-corrected chi connectivity index (χ0v) is 10.3. The summed E-state index contributed by atoms with van der Waals surface area (Å²) in [6, 6.07) is 4.46. The van der Waals surface area contributed by atoms with Gasteiger partial charge in [0.2, 0.25) is 0 Å². The Morgan fingerprint density at radius 3 is 2.88 bits per heavy atom. The third-order valence-corrected chi connectivity index (χ3v) is 3.48. The standard InChI is InChI=1S/C12H15N3S/c1-10(11-4-3-5-13-6-11)15(2)8-12-7-14-9-16-12/h3-7,9-10H,8H2,1-2H3. The van der Waals surface area contributed by atoms with Gasteiger partial charge >= 0.3 is 0 Å². The second kappa shape index (κ2) is 5.18. The number of hydrogen-bond donors (Lipinski definition) is 0. The van der Waals surface area contributed by atoms with E-state index in [4.69, 9.17) is 0 Å². The largest absolute Gasteiger partial charge is 0.294 e. The SMILES string of the molecule is CC(c1cccnc1)N(C)Cc1cncs1. The topological polar surface area (TPSA) is 29.0 Å². The van der Waals surface area contributed by atoms with Crippen molar-refractivity contribution < 1.29 is 0 Å². The molecule has 2 aromatic rings. The van der Waals surface area contributed by atoms with Crippen LogP contribution >= 0.6 is 11.3 Å². The summed E-state index contributed by atoms with van der Waals surface area (Å²) in [5, 5.41) is 0. The summed E-state index contributed by atoms with van der Waals surface area (Å²) < 4.78 is 0. The zero-order valence-electron chi connectivity index (χ0n) is 9.50. The summed E-state index contributed by atoms with van der Waals surface area (Å²) >= 11 is 1.70. The Labute approximate surface area is 99.8 Å². The first-order valence-corrected chi connectivity index (χ1v) is 6.13. The minimum absolute atomic E-state index is 0.371. The van der Waals surface area contributed by atoms with E-state index in [-0.39, 0.29) is 0 Å². The Bertz CT molecular complexity index is 413. The predicted octanol–water partition coefficient (Wildman–Crippen LogP) is 2.73. The van der Waals surface area contributed by atoms with Gasteiger partial charge in [-0.15, -0.1) is 11.3 Å².